The molecule has 0 aliphatic rings. The van der Waals surface area contributed by atoms with Crippen LogP contribution in [-0.4, -0.2) is 38.9 Å². The SMILES string of the molecule is CNCOC(=O)C(=O)/C=C(/CC=N)OC. The second-order valence-corrected chi connectivity index (χ2v) is 2.52. The largest absolute Gasteiger partial charge is 0.501 e. The molecular weight excluding hydrogens is 200 g/mol. The van der Waals surface area contributed by atoms with E-state index in [9.17, 15) is 9.59 Å². The molecule has 15 heavy (non-hydrogen) atoms. The Hall–Kier alpha value is -1.69. The summed E-state index contributed by atoms with van der Waals surface area (Å²) in [5, 5.41) is 9.38. The van der Waals surface area contributed by atoms with Gasteiger partial charge in [-0.1, -0.05) is 0 Å². The lowest BCUT2D eigenvalue weighted by atomic mass is 10.3. The van der Waals surface area contributed by atoms with Crippen molar-refractivity contribution in [3.63, 3.8) is 0 Å². The normalized spacial score (nSPS) is 10.7. The molecule has 6 heteroatoms. The molecule has 0 fully saturated rings. The van der Waals surface area contributed by atoms with Crippen molar-refractivity contribution in [2.45, 2.75) is 6.42 Å². The van der Waals surface area contributed by atoms with E-state index < -0.39 is 11.8 Å². The lowest BCUT2D eigenvalue weighted by Gasteiger charge is -2.02. The van der Waals surface area contributed by atoms with Gasteiger partial charge in [-0.3, -0.25) is 10.1 Å². The maximum Gasteiger partial charge on any atom is 0.380 e. The van der Waals surface area contributed by atoms with E-state index in [4.69, 9.17) is 10.1 Å². The molecule has 0 saturated heterocycles. The fourth-order valence-electron chi connectivity index (χ4n) is 0.716. The Morgan fingerprint density at radius 3 is 2.60 bits per heavy atom. The third kappa shape index (κ3) is 5.58. The first-order valence-corrected chi connectivity index (χ1v) is 4.24. The summed E-state index contributed by atoms with van der Waals surface area (Å²) in [7, 11) is 2.95. The van der Waals surface area contributed by atoms with Gasteiger partial charge in [-0.2, -0.15) is 0 Å². The Kier molecular flexibility index (Phi) is 6.82. The predicted octanol–water partition coefficient (Wildman–Crippen LogP) is -0.154. The number of hydrogen-bond donors (Lipinski definition) is 2. The van der Waals surface area contributed by atoms with Crippen LogP contribution in [0.4, 0.5) is 0 Å². The third-order valence-electron chi connectivity index (χ3n) is 1.41. The zero-order valence-corrected chi connectivity index (χ0v) is 8.70. The molecule has 0 aliphatic carbocycles. The number of rotatable bonds is 7. The first kappa shape index (κ1) is 13.3. The minimum absolute atomic E-state index is 0.0225. The van der Waals surface area contributed by atoms with Crippen LogP contribution in [0.3, 0.4) is 0 Å². The summed E-state index contributed by atoms with van der Waals surface area (Å²) in [4.78, 5) is 22.1. The third-order valence-corrected chi connectivity index (χ3v) is 1.41. The van der Waals surface area contributed by atoms with Crippen LogP contribution in [0.25, 0.3) is 0 Å². The van der Waals surface area contributed by atoms with Crippen LogP contribution in [0.1, 0.15) is 6.42 Å². The first-order chi connectivity index (χ1) is 7.15. The number of ketones is 1. The number of allylic oxidation sites excluding steroid dienone is 1. The van der Waals surface area contributed by atoms with E-state index in [1.165, 1.54) is 7.11 Å². The molecule has 0 aliphatic heterocycles. The molecule has 2 N–H and O–H groups in total. The van der Waals surface area contributed by atoms with Gasteiger partial charge in [0.2, 0.25) is 0 Å². The smallest absolute Gasteiger partial charge is 0.380 e. The van der Waals surface area contributed by atoms with Crippen molar-refractivity contribution < 1.29 is 19.1 Å². The average molecular weight is 214 g/mol. The summed E-state index contributed by atoms with van der Waals surface area (Å²) < 4.78 is 9.30. The Bertz CT molecular complexity index is 273. The van der Waals surface area contributed by atoms with Crippen molar-refractivity contribution in [1.29, 1.82) is 5.41 Å². The summed E-state index contributed by atoms with van der Waals surface area (Å²) in [6.07, 6.45) is 2.26. The second-order valence-electron chi connectivity index (χ2n) is 2.52. The molecule has 0 aromatic carbocycles. The van der Waals surface area contributed by atoms with E-state index in [1.807, 2.05) is 0 Å². The molecule has 0 amide bonds. The molecule has 0 bridgehead atoms. The quantitative estimate of drug-likeness (QED) is 0.154. The Balaban J connectivity index is 4.29. The summed E-state index contributed by atoms with van der Waals surface area (Å²) in [5.41, 5.74) is 0. The van der Waals surface area contributed by atoms with Crippen LogP contribution in [-0.2, 0) is 19.1 Å². The molecule has 0 rings (SSSR count). The highest BCUT2D eigenvalue weighted by Gasteiger charge is 2.13. The van der Waals surface area contributed by atoms with Gasteiger partial charge >= 0.3 is 5.97 Å². The van der Waals surface area contributed by atoms with Gasteiger partial charge < -0.3 is 14.9 Å². The lowest BCUT2D eigenvalue weighted by Crippen LogP contribution is -2.22. The number of carbonyl (C=O) groups excluding carboxylic acids is 2. The average Bonchev–Trinajstić information content (AvgIpc) is 2.24. The van der Waals surface area contributed by atoms with Crippen LogP contribution in [0.15, 0.2) is 11.8 Å². The van der Waals surface area contributed by atoms with Crippen molar-refractivity contribution in [2.24, 2.45) is 0 Å². The van der Waals surface area contributed by atoms with E-state index in [0.717, 1.165) is 12.3 Å². The van der Waals surface area contributed by atoms with Gasteiger partial charge in [-0.15, -0.1) is 0 Å². The molecule has 0 heterocycles. The molecule has 0 unspecified atom stereocenters. The monoisotopic (exact) mass is 214 g/mol. The van der Waals surface area contributed by atoms with Gasteiger partial charge in [-0.05, 0) is 7.05 Å². The van der Waals surface area contributed by atoms with Gasteiger partial charge in [0.1, 0.15) is 12.5 Å². The van der Waals surface area contributed by atoms with Gasteiger partial charge in [0, 0.05) is 18.7 Å². The van der Waals surface area contributed by atoms with E-state index in [2.05, 4.69) is 10.1 Å². The van der Waals surface area contributed by atoms with Crippen LogP contribution >= 0.6 is 0 Å². The van der Waals surface area contributed by atoms with E-state index in [0.29, 0.717) is 0 Å². The molecule has 0 saturated carbocycles. The Morgan fingerprint density at radius 1 is 1.47 bits per heavy atom. The van der Waals surface area contributed by atoms with E-state index in [-0.39, 0.29) is 18.9 Å². The fourth-order valence-corrected chi connectivity index (χ4v) is 0.716. The summed E-state index contributed by atoms with van der Waals surface area (Å²) in [6, 6.07) is 0. The number of esters is 1. The second kappa shape index (κ2) is 7.69. The molecule has 6 nitrogen and oxygen atoms in total. The lowest BCUT2D eigenvalue weighted by molar-refractivity contribution is -0.152. The van der Waals surface area contributed by atoms with Gasteiger partial charge in [-0.25, -0.2) is 4.79 Å². The van der Waals surface area contributed by atoms with Gasteiger partial charge in [0.05, 0.1) is 7.11 Å². The summed E-state index contributed by atoms with van der Waals surface area (Å²) in [6.45, 7) is -0.0225. The van der Waals surface area contributed by atoms with E-state index in [1.54, 1.807) is 7.05 Å². The van der Waals surface area contributed by atoms with Crippen LogP contribution in [0.2, 0.25) is 0 Å². The number of methoxy groups -OCH3 is 1. The Morgan fingerprint density at radius 2 is 2.13 bits per heavy atom. The molecule has 0 aromatic heterocycles. The predicted molar refractivity (Wildman–Crippen MR) is 53.5 cm³/mol. The van der Waals surface area contributed by atoms with Crippen LogP contribution in [0, 0.1) is 5.41 Å². The highest BCUT2D eigenvalue weighted by Crippen LogP contribution is 2.00. The maximum atomic E-state index is 11.2. The minimum Gasteiger partial charge on any atom is -0.501 e. The highest BCUT2D eigenvalue weighted by molar-refractivity contribution is 6.38. The molecule has 0 spiro atoms. The standard InChI is InChI=1S/C9H14N2O4/c1-11-6-15-9(13)8(12)5-7(14-2)3-4-10/h4-5,10-11H,3,6H2,1-2H3/b7-5-,10-4?. The minimum atomic E-state index is -0.955. The van der Waals surface area contributed by atoms with Crippen molar-refractivity contribution in [1.82, 2.24) is 5.32 Å². The number of nitrogens with one attached hydrogen (secondary N) is 2. The Labute approximate surface area is 87.8 Å². The van der Waals surface area contributed by atoms with Gasteiger partial charge in [0.15, 0.2) is 0 Å². The highest BCUT2D eigenvalue weighted by atomic mass is 16.5. The molecular formula is C9H14N2O4. The van der Waals surface area contributed by atoms with Crippen molar-refractivity contribution in [3.8, 4) is 0 Å². The number of hydrogen-bond acceptors (Lipinski definition) is 6. The van der Waals surface area contributed by atoms with Crippen molar-refractivity contribution >= 4 is 18.0 Å². The molecule has 0 radical (unpaired) electrons. The molecule has 0 atom stereocenters. The first-order valence-electron chi connectivity index (χ1n) is 4.24. The molecule has 0 aromatic rings. The topological polar surface area (TPSA) is 88.5 Å². The fraction of sp³-hybridized carbons (Fsp3) is 0.444. The van der Waals surface area contributed by atoms with Crippen LogP contribution < -0.4 is 5.32 Å². The number of ether oxygens (including phenoxy) is 2. The zero-order valence-electron chi connectivity index (χ0n) is 8.70. The number of carbonyl (C=O) groups is 2. The van der Waals surface area contributed by atoms with Gasteiger partial charge in [0.25, 0.3) is 5.78 Å². The van der Waals surface area contributed by atoms with Crippen molar-refractivity contribution in [3.05, 3.63) is 11.8 Å². The maximum absolute atomic E-state index is 11.2. The van der Waals surface area contributed by atoms with Crippen LogP contribution in [0.5, 0.6) is 0 Å². The van der Waals surface area contributed by atoms with E-state index >= 15 is 0 Å². The summed E-state index contributed by atoms with van der Waals surface area (Å²) >= 11 is 0. The molecule has 84 valence electrons. The zero-order chi connectivity index (χ0) is 11.7. The van der Waals surface area contributed by atoms with Crippen molar-refractivity contribution in [2.75, 3.05) is 20.9 Å². The summed E-state index contributed by atoms with van der Waals surface area (Å²) in [5.74, 6) is -1.51.